The summed E-state index contributed by atoms with van der Waals surface area (Å²) >= 11 is 0. The SMILES string of the molecule is CCOC(=O)CCC(CC)c1ccccc1-c1ccccc1NC(=O)OC(C)(C)C. The summed E-state index contributed by atoms with van der Waals surface area (Å²) in [6.45, 7) is 9.85. The van der Waals surface area contributed by atoms with E-state index in [1.165, 1.54) is 0 Å². The van der Waals surface area contributed by atoms with Crippen LogP contribution >= 0.6 is 0 Å². The first kappa shape index (κ1) is 23.5. The number of anilines is 1. The molecule has 30 heavy (non-hydrogen) atoms. The third-order valence-corrected chi connectivity index (χ3v) is 4.75. The lowest BCUT2D eigenvalue weighted by Gasteiger charge is -2.22. The first-order valence-corrected chi connectivity index (χ1v) is 10.6. The highest BCUT2D eigenvalue weighted by Crippen LogP contribution is 2.37. The van der Waals surface area contributed by atoms with Crippen LogP contribution in [0.4, 0.5) is 10.5 Å². The van der Waals surface area contributed by atoms with Gasteiger partial charge in [-0.2, -0.15) is 0 Å². The van der Waals surface area contributed by atoms with Gasteiger partial charge in [0.1, 0.15) is 5.60 Å². The van der Waals surface area contributed by atoms with Crippen molar-refractivity contribution in [3.8, 4) is 11.1 Å². The van der Waals surface area contributed by atoms with E-state index in [-0.39, 0.29) is 11.9 Å². The molecular weight excluding hydrogens is 378 g/mol. The van der Waals surface area contributed by atoms with Crippen LogP contribution < -0.4 is 5.32 Å². The normalized spacial score (nSPS) is 12.2. The van der Waals surface area contributed by atoms with Crippen LogP contribution in [0.2, 0.25) is 0 Å². The Labute approximate surface area is 179 Å². The number of carbonyl (C=O) groups excluding carboxylic acids is 2. The molecule has 1 N–H and O–H groups in total. The highest BCUT2D eigenvalue weighted by Gasteiger charge is 2.20. The van der Waals surface area contributed by atoms with Gasteiger partial charge in [0.2, 0.25) is 0 Å². The quantitative estimate of drug-likeness (QED) is 0.501. The zero-order valence-corrected chi connectivity index (χ0v) is 18.7. The molecule has 2 aromatic carbocycles. The smallest absolute Gasteiger partial charge is 0.412 e. The number of rotatable bonds is 8. The lowest BCUT2D eigenvalue weighted by Crippen LogP contribution is -2.27. The fourth-order valence-electron chi connectivity index (χ4n) is 3.44. The van der Waals surface area contributed by atoms with Crippen LogP contribution in [0.3, 0.4) is 0 Å². The summed E-state index contributed by atoms with van der Waals surface area (Å²) in [7, 11) is 0. The van der Waals surface area contributed by atoms with Gasteiger partial charge in [-0.1, -0.05) is 49.4 Å². The molecule has 0 saturated carbocycles. The van der Waals surface area contributed by atoms with Crippen LogP contribution in [-0.2, 0) is 14.3 Å². The van der Waals surface area contributed by atoms with Gasteiger partial charge in [0.15, 0.2) is 0 Å². The van der Waals surface area contributed by atoms with E-state index in [9.17, 15) is 9.59 Å². The van der Waals surface area contributed by atoms with Gasteiger partial charge in [-0.25, -0.2) is 4.79 Å². The van der Waals surface area contributed by atoms with Gasteiger partial charge in [-0.05, 0) is 63.6 Å². The molecule has 0 fully saturated rings. The van der Waals surface area contributed by atoms with E-state index in [4.69, 9.17) is 9.47 Å². The Morgan fingerprint density at radius 2 is 1.60 bits per heavy atom. The second kappa shape index (κ2) is 10.8. The van der Waals surface area contributed by atoms with Crippen LogP contribution in [0.1, 0.15) is 65.4 Å². The van der Waals surface area contributed by atoms with Crippen LogP contribution in [-0.4, -0.2) is 24.3 Å². The first-order valence-electron chi connectivity index (χ1n) is 10.6. The standard InChI is InChI=1S/C25H33NO4/c1-6-18(16-17-23(27)29-7-2)19-12-8-9-13-20(19)21-14-10-11-15-22(21)26-24(28)30-25(3,4)5/h8-15,18H,6-7,16-17H2,1-5H3,(H,26,28). The minimum Gasteiger partial charge on any atom is -0.466 e. The van der Waals surface area contributed by atoms with Crippen molar-refractivity contribution in [1.82, 2.24) is 0 Å². The number of esters is 1. The average Bonchev–Trinajstić information content (AvgIpc) is 2.68. The molecule has 0 saturated heterocycles. The maximum Gasteiger partial charge on any atom is 0.412 e. The molecule has 5 nitrogen and oxygen atoms in total. The van der Waals surface area contributed by atoms with Gasteiger partial charge in [0, 0.05) is 12.0 Å². The number of para-hydroxylation sites is 1. The fourth-order valence-corrected chi connectivity index (χ4v) is 3.44. The Balaban J connectivity index is 2.32. The molecule has 0 heterocycles. The lowest BCUT2D eigenvalue weighted by molar-refractivity contribution is -0.143. The third-order valence-electron chi connectivity index (χ3n) is 4.75. The van der Waals surface area contributed by atoms with E-state index < -0.39 is 11.7 Å². The number of hydrogen-bond donors (Lipinski definition) is 1. The molecule has 0 aromatic heterocycles. The predicted octanol–water partition coefficient (Wildman–Crippen LogP) is 6.54. The van der Waals surface area contributed by atoms with Crippen molar-refractivity contribution in [2.75, 3.05) is 11.9 Å². The highest BCUT2D eigenvalue weighted by molar-refractivity contribution is 5.92. The Morgan fingerprint density at radius 1 is 0.967 bits per heavy atom. The Kier molecular flexibility index (Phi) is 8.46. The molecule has 0 bridgehead atoms. The summed E-state index contributed by atoms with van der Waals surface area (Å²) in [5, 5.41) is 2.88. The Bertz CT molecular complexity index is 854. The van der Waals surface area contributed by atoms with Crippen molar-refractivity contribution in [2.24, 2.45) is 0 Å². The zero-order valence-electron chi connectivity index (χ0n) is 18.7. The van der Waals surface area contributed by atoms with E-state index in [0.29, 0.717) is 25.1 Å². The summed E-state index contributed by atoms with van der Waals surface area (Å²) in [5.41, 5.74) is 3.24. The van der Waals surface area contributed by atoms with Gasteiger partial charge in [-0.15, -0.1) is 0 Å². The van der Waals surface area contributed by atoms with Gasteiger partial charge in [0.05, 0.1) is 12.3 Å². The zero-order chi connectivity index (χ0) is 22.1. The number of ether oxygens (including phenoxy) is 2. The Morgan fingerprint density at radius 3 is 2.23 bits per heavy atom. The summed E-state index contributed by atoms with van der Waals surface area (Å²) in [6, 6.07) is 15.8. The predicted molar refractivity (Wildman–Crippen MR) is 121 cm³/mol. The summed E-state index contributed by atoms with van der Waals surface area (Å²) in [6.07, 6.45) is 1.52. The van der Waals surface area contributed by atoms with Gasteiger partial charge >= 0.3 is 12.1 Å². The van der Waals surface area contributed by atoms with Gasteiger partial charge < -0.3 is 9.47 Å². The van der Waals surface area contributed by atoms with Gasteiger partial charge in [-0.3, -0.25) is 10.1 Å². The second-order valence-electron chi connectivity index (χ2n) is 8.21. The summed E-state index contributed by atoms with van der Waals surface area (Å²) < 4.78 is 10.5. The molecule has 0 aliphatic carbocycles. The van der Waals surface area contributed by atoms with Crippen LogP contribution in [0.15, 0.2) is 48.5 Å². The molecule has 2 rings (SSSR count). The Hall–Kier alpha value is -2.82. The van der Waals surface area contributed by atoms with E-state index in [1.54, 1.807) is 0 Å². The molecule has 1 amide bonds. The molecule has 1 atom stereocenters. The van der Waals surface area contributed by atoms with Crippen molar-refractivity contribution in [3.05, 3.63) is 54.1 Å². The van der Waals surface area contributed by atoms with Crippen molar-refractivity contribution in [2.45, 2.75) is 65.4 Å². The first-order chi connectivity index (χ1) is 14.2. The second-order valence-corrected chi connectivity index (χ2v) is 8.21. The molecule has 0 radical (unpaired) electrons. The van der Waals surface area contributed by atoms with E-state index in [0.717, 1.165) is 23.1 Å². The molecule has 1 unspecified atom stereocenters. The van der Waals surface area contributed by atoms with E-state index in [1.807, 2.05) is 64.1 Å². The third kappa shape index (κ3) is 6.90. The largest absolute Gasteiger partial charge is 0.466 e. The van der Waals surface area contributed by atoms with Gasteiger partial charge in [0.25, 0.3) is 0 Å². The number of nitrogens with one attached hydrogen (secondary N) is 1. The van der Waals surface area contributed by atoms with Crippen molar-refractivity contribution in [3.63, 3.8) is 0 Å². The average molecular weight is 412 g/mol. The van der Waals surface area contributed by atoms with Crippen molar-refractivity contribution < 1.29 is 19.1 Å². The molecule has 0 spiro atoms. The molecule has 2 aromatic rings. The lowest BCUT2D eigenvalue weighted by atomic mass is 9.85. The van der Waals surface area contributed by atoms with E-state index in [2.05, 4.69) is 24.4 Å². The number of carbonyl (C=O) groups is 2. The molecule has 5 heteroatoms. The minimum atomic E-state index is -0.572. The molecule has 162 valence electrons. The van der Waals surface area contributed by atoms with E-state index >= 15 is 0 Å². The molecule has 0 aliphatic rings. The topological polar surface area (TPSA) is 64.6 Å². The van der Waals surface area contributed by atoms with Crippen molar-refractivity contribution >= 4 is 17.7 Å². The minimum absolute atomic E-state index is 0.166. The summed E-state index contributed by atoms with van der Waals surface area (Å²) in [4.78, 5) is 24.2. The summed E-state index contributed by atoms with van der Waals surface area (Å²) in [5.74, 6) is 0.0422. The number of hydrogen-bond acceptors (Lipinski definition) is 4. The van der Waals surface area contributed by atoms with Crippen LogP contribution in [0.5, 0.6) is 0 Å². The van der Waals surface area contributed by atoms with Crippen LogP contribution in [0.25, 0.3) is 11.1 Å². The number of amides is 1. The maximum atomic E-state index is 12.3. The van der Waals surface area contributed by atoms with Crippen molar-refractivity contribution in [1.29, 1.82) is 0 Å². The number of benzene rings is 2. The molecular formula is C25H33NO4. The maximum absolute atomic E-state index is 12.3. The van der Waals surface area contributed by atoms with Crippen LogP contribution in [0, 0.1) is 0 Å². The fraction of sp³-hybridized carbons (Fsp3) is 0.440. The molecule has 0 aliphatic heterocycles. The highest BCUT2D eigenvalue weighted by atomic mass is 16.6. The monoisotopic (exact) mass is 411 g/mol.